The number of hydrogen-bond acceptors (Lipinski definition) is 6. The Bertz CT molecular complexity index is 509. The topological polar surface area (TPSA) is 103 Å². The fraction of sp³-hybridized carbons (Fsp3) is 0.750. The number of ether oxygens (including phenoxy) is 4. The predicted octanol–water partition coefficient (Wildman–Crippen LogP) is 4.49. The van der Waals surface area contributed by atoms with Crippen LogP contribution in [-0.4, -0.2) is 70.0 Å². The van der Waals surface area contributed by atoms with Crippen molar-refractivity contribution in [3.8, 4) is 0 Å². The van der Waals surface area contributed by atoms with Crippen molar-refractivity contribution >= 4 is 12.1 Å². The molecule has 0 aliphatic heterocycles. The highest BCUT2D eigenvalue weighted by Gasteiger charge is 2.01. The third-order valence-electron chi connectivity index (χ3n) is 4.60. The zero-order valence-electron chi connectivity index (χ0n) is 19.8. The Hall–Kier alpha value is -1.90. The second-order valence-electron chi connectivity index (χ2n) is 7.43. The van der Waals surface area contributed by atoms with Gasteiger partial charge in [0.05, 0.1) is 46.2 Å². The molecule has 0 bridgehead atoms. The van der Waals surface area contributed by atoms with Crippen LogP contribution in [0.1, 0.15) is 64.7 Å². The predicted molar refractivity (Wildman–Crippen MR) is 125 cm³/mol. The quantitative estimate of drug-likeness (QED) is 0.132. The summed E-state index contributed by atoms with van der Waals surface area (Å²) in [5, 5.41) is 11.4. The second-order valence-corrected chi connectivity index (χ2v) is 7.43. The minimum atomic E-state index is -0.910. The van der Waals surface area contributed by atoms with Crippen LogP contribution in [0.2, 0.25) is 0 Å². The highest BCUT2D eigenvalue weighted by Crippen LogP contribution is 2.08. The van der Waals surface area contributed by atoms with E-state index >= 15 is 0 Å². The maximum atomic E-state index is 11.6. The summed E-state index contributed by atoms with van der Waals surface area (Å²) >= 11 is 0. The summed E-state index contributed by atoms with van der Waals surface area (Å²) in [5.41, 5.74) is 0.321. The minimum absolute atomic E-state index is 0.321. The highest BCUT2D eigenvalue weighted by molar-refractivity contribution is 5.85. The van der Waals surface area contributed by atoms with Gasteiger partial charge in [-0.25, -0.2) is 9.59 Å². The molecule has 0 rings (SSSR count). The summed E-state index contributed by atoms with van der Waals surface area (Å²) in [5.74, 6) is -0.910. The van der Waals surface area contributed by atoms with Crippen LogP contribution >= 0.6 is 0 Å². The summed E-state index contributed by atoms with van der Waals surface area (Å²) in [6, 6.07) is 0. The van der Waals surface area contributed by atoms with Crippen molar-refractivity contribution in [1.82, 2.24) is 5.32 Å². The molecule has 0 aromatic heterocycles. The molecule has 0 aromatic rings. The monoisotopic (exact) mass is 457 g/mol. The Labute approximate surface area is 193 Å². The number of alkyl carbamates (subject to hydrolysis) is 1. The lowest BCUT2D eigenvalue weighted by molar-refractivity contribution is -0.132. The van der Waals surface area contributed by atoms with Gasteiger partial charge in [0, 0.05) is 12.1 Å². The first-order valence-corrected chi connectivity index (χ1v) is 11.7. The van der Waals surface area contributed by atoms with Crippen molar-refractivity contribution in [1.29, 1.82) is 0 Å². The molecule has 1 amide bonds. The Kier molecular flexibility index (Phi) is 22.3. The number of carbonyl (C=O) groups excluding carboxylic acids is 1. The number of carboxylic acid groups (broad SMARTS) is 1. The van der Waals surface area contributed by atoms with Crippen LogP contribution in [0.15, 0.2) is 24.3 Å². The molecule has 0 unspecified atom stereocenters. The summed E-state index contributed by atoms with van der Waals surface area (Å²) in [7, 11) is 0. The van der Waals surface area contributed by atoms with Gasteiger partial charge in [0.15, 0.2) is 0 Å². The van der Waals surface area contributed by atoms with Gasteiger partial charge >= 0.3 is 12.1 Å². The number of rotatable bonds is 23. The number of unbranched alkanes of at least 4 members (excludes halogenated alkanes) is 7. The molecule has 32 heavy (non-hydrogen) atoms. The van der Waals surface area contributed by atoms with Crippen LogP contribution in [-0.2, 0) is 23.7 Å². The largest absolute Gasteiger partial charge is 0.478 e. The molecular formula is C24H43NO7. The third kappa shape index (κ3) is 22.8. The molecule has 0 aliphatic rings. The van der Waals surface area contributed by atoms with Crippen molar-refractivity contribution < 1.29 is 33.6 Å². The fourth-order valence-electron chi connectivity index (χ4n) is 2.70. The van der Waals surface area contributed by atoms with E-state index in [1.165, 1.54) is 32.1 Å². The molecule has 0 aromatic carbocycles. The zero-order chi connectivity index (χ0) is 23.7. The van der Waals surface area contributed by atoms with Crippen molar-refractivity contribution in [2.24, 2.45) is 0 Å². The Balaban J connectivity index is 3.24. The third-order valence-corrected chi connectivity index (χ3v) is 4.60. The number of amides is 1. The number of carbonyl (C=O) groups is 2. The van der Waals surface area contributed by atoms with Crippen molar-refractivity contribution in [2.75, 3.05) is 52.8 Å². The first-order chi connectivity index (χ1) is 15.6. The standard InChI is InChI=1S/C24H43NO7/c1-3-4-5-6-7-8-9-10-11-16-32-24(28)25-14-17-30-19-21-31-20-18-29-15-12-13-22(2)23(26)27/h3,13H,1,4-12,14-21H2,2H3,(H,25,28)(H,26,27). The van der Waals surface area contributed by atoms with Crippen LogP contribution in [0.25, 0.3) is 0 Å². The number of nitrogens with one attached hydrogen (secondary N) is 1. The van der Waals surface area contributed by atoms with Crippen molar-refractivity contribution in [2.45, 2.75) is 64.7 Å². The molecule has 0 atom stereocenters. The van der Waals surface area contributed by atoms with E-state index < -0.39 is 12.1 Å². The maximum Gasteiger partial charge on any atom is 0.407 e. The van der Waals surface area contributed by atoms with Crippen molar-refractivity contribution in [3.63, 3.8) is 0 Å². The first-order valence-electron chi connectivity index (χ1n) is 11.7. The zero-order valence-corrected chi connectivity index (χ0v) is 19.8. The van der Waals surface area contributed by atoms with Crippen LogP contribution in [0.3, 0.4) is 0 Å². The van der Waals surface area contributed by atoms with Gasteiger partial charge in [-0.3, -0.25) is 0 Å². The van der Waals surface area contributed by atoms with Gasteiger partial charge in [0.2, 0.25) is 0 Å². The van der Waals surface area contributed by atoms with E-state index in [-0.39, 0.29) is 0 Å². The minimum Gasteiger partial charge on any atom is -0.478 e. The lowest BCUT2D eigenvalue weighted by atomic mass is 10.1. The highest BCUT2D eigenvalue weighted by atomic mass is 16.6. The van der Waals surface area contributed by atoms with Crippen LogP contribution in [0.5, 0.6) is 0 Å². The molecule has 2 N–H and O–H groups in total. The van der Waals surface area contributed by atoms with Crippen LogP contribution in [0.4, 0.5) is 4.79 Å². The Morgan fingerprint density at radius 1 is 0.781 bits per heavy atom. The Morgan fingerprint density at radius 2 is 1.34 bits per heavy atom. The van der Waals surface area contributed by atoms with E-state index in [2.05, 4.69) is 11.9 Å². The maximum absolute atomic E-state index is 11.6. The average molecular weight is 458 g/mol. The SMILES string of the molecule is C=CCCCCCCCCCOC(=O)NCCOCCOCCOCCC=C(C)C(=O)O. The molecule has 0 saturated carbocycles. The molecule has 0 radical (unpaired) electrons. The van der Waals surface area contributed by atoms with Gasteiger partial charge in [-0.1, -0.05) is 44.3 Å². The van der Waals surface area contributed by atoms with Crippen LogP contribution in [0, 0.1) is 0 Å². The number of aliphatic carboxylic acids is 1. The number of hydrogen-bond donors (Lipinski definition) is 2. The molecule has 0 heterocycles. The van der Waals surface area contributed by atoms with Gasteiger partial charge < -0.3 is 29.4 Å². The van der Waals surface area contributed by atoms with Gasteiger partial charge in [0.1, 0.15) is 0 Å². The van der Waals surface area contributed by atoms with Gasteiger partial charge in [-0.05, 0) is 32.6 Å². The van der Waals surface area contributed by atoms with E-state index in [1.807, 2.05) is 6.08 Å². The van der Waals surface area contributed by atoms with E-state index in [4.69, 9.17) is 24.1 Å². The van der Waals surface area contributed by atoms with E-state index in [9.17, 15) is 9.59 Å². The van der Waals surface area contributed by atoms with Crippen molar-refractivity contribution in [3.05, 3.63) is 24.3 Å². The lowest BCUT2D eigenvalue weighted by Gasteiger charge is -2.08. The number of allylic oxidation sites excluding steroid dienone is 1. The van der Waals surface area contributed by atoms with E-state index in [0.29, 0.717) is 64.8 Å². The molecular weight excluding hydrogens is 414 g/mol. The summed E-state index contributed by atoms with van der Waals surface area (Å²) in [4.78, 5) is 22.2. The normalized spacial score (nSPS) is 11.3. The molecule has 0 fully saturated rings. The van der Waals surface area contributed by atoms with Gasteiger partial charge in [0.25, 0.3) is 0 Å². The fourth-order valence-corrected chi connectivity index (χ4v) is 2.70. The summed E-state index contributed by atoms with van der Waals surface area (Å²) < 4.78 is 21.2. The lowest BCUT2D eigenvalue weighted by Crippen LogP contribution is -2.28. The Morgan fingerprint density at radius 3 is 1.97 bits per heavy atom. The molecule has 0 aliphatic carbocycles. The van der Waals surface area contributed by atoms with E-state index in [0.717, 1.165) is 19.3 Å². The van der Waals surface area contributed by atoms with Gasteiger partial charge in [-0.15, -0.1) is 6.58 Å². The van der Waals surface area contributed by atoms with Crippen LogP contribution < -0.4 is 5.32 Å². The average Bonchev–Trinajstić information content (AvgIpc) is 2.77. The molecule has 0 spiro atoms. The summed E-state index contributed by atoms with van der Waals surface area (Å²) in [6.45, 7) is 8.77. The molecule has 8 nitrogen and oxygen atoms in total. The molecule has 186 valence electrons. The second kappa shape index (κ2) is 23.8. The van der Waals surface area contributed by atoms with E-state index in [1.54, 1.807) is 13.0 Å². The number of carboxylic acids is 1. The first kappa shape index (κ1) is 30.1. The smallest absolute Gasteiger partial charge is 0.407 e. The van der Waals surface area contributed by atoms with Gasteiger partial charge in [-0.2, -0.15) is 0 Å². The summed E-state index contributed by atoms with van der Waals surface area (Å²) in [6.07, 6.45) is 13.0. The molecule has 0 saturated heterocycles. The molecule has 8 heteroatoms.